The molecule has 3 aromatic carbocycles. The van der Waals surface area contributed by atoms with E-state index >= 15 is 0 Å². The predicted octanol–water partition coefficient (Wildman–Crippen LogP) is 6.99. The third-order valence-corrected chi connectivity index (χ3v) is 7.05. The standard InChI is InChI=1S/C32H31F6N3O4/c1-4-44-15-14-40(28(42)18-21-16-22(31(33,34)35)19-23(17-21)32(36,37)38)20(3)29-39-27-9-7-6-8-26(27)30(43)41(29)24-10-12-25(13-11-24)45-5-2/h6-13,16-17,19-20H,4-5,14-15,18H2,1-3H3. The van der Waals surface area contributed by atoms with Gasteiger partial charge in [-0.15, -0.1) is 0 Å². The third-order valence-electron chi connectivity index (χ3n) is 7.05. The Labute approximate surface area is 255 Å². The fraction of sp³-hybridized carbons (Fsp3) is 0.344. The number of fused-ring (bicyclic) bond motifs is 1. The predicted molar refractivity (Wildman–Crippen MR) is 155 cm³/mol. The molecule has 0 bridgehead atoms. The lowest BCUT2D eigenvalue weighted by Gasteiger charge is -2.31. The smallest absolute Gasteiger partial charge is 0.416 e. The van der Waals surface area contributed by atoms with Gasteiger partial charge < -0.3 is 14.4 Å². The number of carbonyl (C=O) groups excluding carboxylic acids is 1. The average molecular weight is 636 g/mol. The van der Waals surface area contributed by atoms with E-state index in [1.807, 2.05) is 6.92 Å². The molecular formula is C32H31F6N3O4. The Morgan fingerprint density at radius 2 is 1.53 bits per heavy atom. The van der Waals surface area contributed by atoms with E-state index in [0.29, 0.717) is 47.7 Å². The number of benzene rings is 3. The van der Waals surface area contributed by atoms with E-state index in [0.717, 1.165) is 0 Å². The van der Waals surface area contributed by atoms with E-state index in [1.54, 1.807) is 62.4 Å². The maximum atomic E-state index is 13.8. The van der Waals surface area contributed by atoms with Gasteiger partial charge in [0.15, 0.2) is 0 Å². The highest BCUT2D eigenvalue weighted by Crippen LogP contribution is 2.36. The van der Waals surface area contributed by atoms with E-state index in [1.165, 1.54) is 9.47 Å². The number of carbonyl (C=O) groups is 1. The Kier molecular flexibility index (Phi) is 10.2. The van der Waals surface area contributed by atoms with Crippen LogP contribution >= 0.6 is 0 Å². The van der Waals surface area contributed by atoms with Crippen molar-refractivity contribution in [2.75, 3.05) is 26.4 Å². The SMILES string of the molecule is CCOCCN(C(=O)Cc1cc(C(F)(F)F)cc(C(F)(F)F)c1)C(C)c1nc2ccccc2c(=O)n1-c1ccc(OCC)cc1. The van der Waals surface area contributed by atoms with E-state index in [2.05, 4.69) is 0 Å². The molecule has 0 radical (unpaired) electrons. The molecule has 0 N–H and O–H groups in total. The number of nitrogens with zero attached hydrogens (tertiary/aromatic N) is 3. The van der Waals surface area contributed by atoms with Crippen LogP contribution in [0.2, 0.25) is 0 Å². The molecule has 1 aromatic heterocycles. The average Bonchev–Trinajstić information content (AvgIpc) is 2.98. The highest BCUT2D eigenvalue weighted by Gasteiger charge is 2.37. The van der Waals surface area contributed by atoms with Gasteiger partial charge in [-0.3, -0.25) is 14.2 Å². The minimum Gasteiger partial charge on any atom is -0.494 e. The lowest BCUT2D eigenvalue weighted by molar-refractivity contribution is -0.143. The summed E-state index contributed by atoms with van der Waals surface area (Å²) in [5.41, 5.74) is -3.18. The molecule has 45 heavy (non-hydrogen) atoms. The van der Waals surface area contributed by atoms with Crippen LogP contribution in [0.4, 0.5) is 26.3 Å². The van der Waals surface area contributed by atoms with E-state index in [9.17, 15) is 35.9 Å². The van der Waals surface area contributed by atoms with Gasteiger partial charge in [0.05, 0.1) is 53.4 Å². The van der Waals surface area contributed by atoms with Crippen molar-refractivity contribution in [1.29, 1.82) is 0 Å². The zero-order valence-corrected chi connectivity index (χ0v) is 24.7. The van der Waals surface area contributed by atoms with Crippen molar-refractivity contribution >= 4 is 16.8 Å². The molecule has 240 valence electrons. The van der Waals surface area contributed by atoms with Crippen LogP contribution < -0.4 is 10.3 Å². The summed E-state index contributed by atoms with van der Waals surface area (Å²) >= 11 is 0. The molecule has 1 atom stereocenters. The van der Waals surface area contributed by atoms with Crippen LogP contribution in [0.15, 0.2) is 71.5 Å². The molecule has 4 rings (SSSR count). The number of ether oxygens (including phenoxy) is 2. The first-order valence-electron chi connectivity index (χ1n) is 14.1. The van der Waals surface area contributed by atoms with Crippen LogP contribution in [0, 0.1) is 0 Å². The van der Waals surface area contributed by atoms with Gasteiger partial charge in [0.1, 0.15) is 11.6 Å². The summed E-state index contributed by atoms with van der Waals surface area (Å²) in [5, 5.41) is 0.304. The van der Waals surface area contributed by atoms with Crippen molar-refractivity contribution in [2.24, 2.45) is 0 Å². The van der Waals surface area contributed by atoms with Crippen molar-refractivity contribution in [2.45, 2.75) is 45.6 Å². The summed E-state index contributed by atoms with van der Waals surface area (Å²) in [6.45, 7) is 5.79. The van der Waals surface area contributed by atoms with Crippen molar-refractivity contribution in [3.8, 4) is 11.4 Å². The van der Waals surface area contributed by atoms with Gasteiger partial charge in [0, 0.05) is 13.2 Å². The van der Waals surface area contributed by atoms with Crippen LogP contribution in [-0.4, -0.2) is 46.7 Å². The molecule has 7 nitrogen and oxygen atoms in total. The number of alkyl halides is 6. The fourth-order valence-electron chi connectivity index (χ4n) is 4.92. The van der Waals surface area contributed by atoms with E-state index in [4.69, 9.17) is 14.5 Å². The van der Waals surface area contributed by atoms with Gasteiger partial charge in [0.25, 0.3) is 5.56 Å². The zero-order valence-electron chi connectivity index (χ0n) is 24.7. The van der Waals surface area contributed by atoms with Crippen LogP contribution in [0.3, 0.4) is 0 Å². The maximum Gasteiger partial charge on any atom is 0.416 e. The Morgan fingerprint density at radius 3 is 2.11 bits per heavy atom. The van der Waals surface area contributed by atoms with Crippen LogP contribution in [0.5, 0.6) is 5.75 Å². The van der Waals surface area contributed by atoms with Gasteiger partial charge in [-0.05, 0) is 80.9 Å². The summed E-state index contributed by atoms with van der Waals surface area (Å²) in [5.74, 6) is -0.0893. The van der Waals surface area contributed by atoms with E-state index in [-0.39, 0.29) is 25.0 Å². The topological polar surface area (TPSA) is 73.7 Å². The monoisotopic (exact) mass is 635 g/mol. The summed E-state index contributed by atoms with van der Waals surface area (Å²) in [7, 11) is 0. The molecule has 1 amide bonds. The molecular weight excluding hydrogens is 604 g/mol. The first kappa shape index (κ1) is 33.5. The van der Waals surface area contributed by atoms with Crippen LogP contribution in [0.1, 0.15) is 49.3 Å². The number of amides is 1. The molecule has 0 aliphatic rings. The third kappa shape index (κ3) is 7.83. The second kappa shape index (κ2) is 13.7. The number of para-hydroxylation sites is 1. The van der Waals surface area contributed by atoms with Crippen molar-refractivity contribution in [3.05, 3.63) is 99.6 Å². The summed E-state index contributed by atoms with van der Waals surface area (Å²) in [4.78, 5) is 33.5. The minimum atomic E-state index is -5.07. The first-order valence-corrected chi connectivity index (χ1v) is 14.1. The number of halogens is 6. The van der Waals surface area contributed by atoms with Gasteiger partial charge in [-0.25, -0.2) is 4.98 Å². The lowest BCUT2D eigenvalue weighted by Crippen LogP contribution is -2.40. The van der Waals surface area contributed by atoms with Crippen molar-refractivity contribution < 1.29 is 40.6 Å². The van der Waals surface area contributed by atoms with Gasteiger partial charge in [-0.1, -0.05) is 12.1 Å². The molecule has 0 spiro atoms. The summed E-state index contributed by atoms with van der Waals surface area (Å²) < 4.78 is 93.3. The minimum absolute atomic E-state index is 0.0119. The molecule has 0 aliphatic heterocycles. The van der Waals surface area contributed by atoms with Crippen molar-refractivity contribution in [1.82, 2.24) is 14.5 Å². The highest BCUT2D eigenvalue weighted by molar-refractivity contribution is 5.80. The molecule has 0 saturated heterocycles. The fourth-order valence-corrected chi connectivity index (χ4v) is 4.92. The molecule has 0 fully saturated rings. The number of rotatable bonds is 11. The van der Waals surface area contributed by atoms with Crippen LogP contribution in [0.25, 0.3) is 16.6 Å². The van der Waals surface area contributed by atoms with Gasteiger partial charge in [0.2, 0.25) is 5.91 Å². The second-order valence-electron chi connectivity index (χ2n) is 10.1. The Hall–Kier alpha value is -4.39. The molecule has 13 heteroatoms. The molecule has 4 aromatic rings. The largest absolute Gasteiger partial charge is 0.494 e. The number of aromatic nitrogens is 2. The Bertz CT molecular complexity index is 1670. The summed E-state index contributed by atoms with van der Waals surface area (Å²) in [6.07, 6.45) is -10.9. The molecule has 1 heterocycles. The maximum absolute atomic E-state index is 13.8. The molecule has 1 unspecified atom stereocenters. The Morgan fingerprint density at radius 1 is 0.911 bits per heavy atom. The normalized spacial score (nSPS) is 12.7. The van der Waals surface area contributed by atoms with Gasteiger partial charge in [-0.2, -0.15) is 26.3 Å². The second-order valence-corrected chi connectivity index (χ2v) is 10.1. The first-order chi connectivity index (χ1) is 21.2. The lowest BCUT2D eigenvalue weighted by atomic mass is 10.0. The number of hydrogen-bond acceptors (Lipinski definition) is 5. The Balaban J connectivity index is 1.82. The zero-order chi connectivity index (χ0) is 32.9. The number of hydrogen-bond donors (Lipinski definition) is 0. The quantitative estimate of drug-likeness (QED) is 0.131. The van der Waals surface area contributed by atoms with Gasteiger partial charge >= 0.3 is 12.4 Å². The molecule has 0 saturated carbocycles. The van der Waals surface area contributed by atoms with Crippen molar-refractivity contribution in [3.63, 3.8) is 0 Å². The van der Waals surface area contributed by atoms with E-state index < -0.39 is 53.0 Å². The van der Waals surface area contributed by atoms with Crippen LogP contribution in [-0.2, 0) is 28.3 Å². The highest BCUT2D eigenvalue weighted by atomic mass is 19.4. The summed E-state index contributed by atoms with van der Waals surface area (Å²) in [6, 6.07) is 13.3. The molecule has 0 aliphatic carbocycles.